The zero-order valence-electron chi connectivity index (χ0n) is 17.1. The fourth-order valence-electron chi connectivity index (χ4n) is 3.33. The van der Waals surface area contributed by atoms with Gasteiger partial charge in [-0.05, 0) is 24.3 Å². The van der Waals surface area contributed by atoms with Crippen LogP contribution in [0.2, 0.25) is 0 Å². The smallest absolute Gasteiger partial charge is 0.433 e. The molecule has 1 aliphatic heterocycles. The first kappa shape index (κ1) is 21.2. The van der Waals surface area contributed by atoms with E-state index in [9.17, 15) is 22.8 Å². The molecule has 2 amide bonds. The van der Waals surface area contributed by atoms with Crippen LogP contribution in [-0.2, 0) is 6.18 Å². The molecule has 0 unspecified atom stereocenters. The topological polar surface area (TPSA) is 107 Å². The molecular formula is C22H14F3N5O4. The van der Waals surface area contributed by atoms with Crippen LogP contribution >= 0.6 is 0 Å². The number of carbonyl (C=O) groups is 2. The molecule has 12 heteroatoms. The van der Waals surface area contributed by atoms with Crippen LogP contribution in [0, 0.1) is 0 Å². The van der Waals surface area contributed by atoms with E-state index in [2.05, 4.69) is 20.9 Å². The lowest BCUT2D eigenvalue weighted by Crippen LogP contribution is -2.41. The van der Waals surface area contributed by atoms with E-state index in [1.54, 1.807) is 30.3 Å². The van der Waals surface area contributed by atoms with Crippen LogP contribution in [0.5, 0.6) is 11.5 Å². The highest BCUT2D eigenvalue weighted by molar-refractivity contribution is 5.99. The molecule has 1 aliphatic rings. The number of nitrogens with one attached hydrogen (secondary N) is 2. The van der Waals surface area contributed by atoms with Crippen molar-refractivity contribution in [3.8, 4) is 22.8 Å². The molecular weight excluding hydrogens is 455 g/mol. The van der Waals surface area contributed by atoms with Crippen molar-refractivity contribution < 1.29 is 32.2 Å². The average molecular weight is 469 g/mol. The van der Waals surface area contributed by atoms with Crippen molar-refractivity contribution in [3.63, 3.8) is 0 Å². The molecule has 0 radical (unpaired) electrons. The maximum absolute atomic E-state index is 13.7. The quantitative estimate of drug-likeness (QED) is 0.447. The van der Waals surface area contributed by atoms with Crippen molar-refractivity contribution >= 4 is 17.5 Å². The van der Waals surface area contributed by atoms with Crippen LogP contribution in [0.1, 0.15) is 26.5 Å². The Morgan fingerprint density at radius 2 is 1.65 bits per heavy atom. The summed E-state index contributed by atoms with van der Waals surface area (Å²) in [7, 11) is 0. The van der Waals surface area contributed by atoms with Gasteiger partial charge in [-0.3, -0.25) is 20.4 Å². The molecule has 0 aliphatic carbocycles. The Kier molecular flexibility index (Phi) is 5.04. The highest BCUT2D eigenvalue weighted by Gasteiger charge is 2.35. The van der Waals surface area contributed by atoms with Crippen LogP contribution < -0.4 is 20.3 Å². The van der Waals surface area contributed by atoms with Gasteiger partial charge in [0.2, 0.25) is 6.79 Å². The maximum Gasteiger partial charge on any atom is 0.433 e. The van der Waals surface area contributed by atoms with Crippen molar-refractivity contribution in [2.45, 2.75) is 6.18 Å². The van der Waals surface area contributed by atoms with Crippen molar-refractivity contribution in [3.05, 3.63) is 77.6 Å². The van der Waals surface area contributed by atoms with Gasteiger partial charge in [-0.1, -0.05) is 30.3 Å². The van der Waals surface area contributed by atoms with Gasteiger partial charge in [-0.25, -0.2) is 9.50 Å². The molecule has 172 valence electrons. The number of nitrogens with zero attached hydrogens (tertiary/aromatic N) is 3. The van der Waals surface area contributed by atoms with E-state index in [0.29, 0.717) is 21.6 Å². The first-order valence-corrected chi connectivity index (χ1v) is 9.83. The number of alkyl halides is 3. The summed E-state index contributed by atoms with van der Waals surface area (Å²) in [4.78, 5) is 29.0. The number of hydrogen-bond donors (Lipinski definition) is 2. The molecule has 0 saturated carbocycles. The molecule has 4 aromatic rings. The molecule has 0 saturated heterocycles. The predicted molar refractivity (Wildman–Crippen MR) is 111 cm³/mol. The standard InChI is InChI=1S/C22H14F3N5O4/c23-22(24,25)18-9-14(12-4-2-1-3-5-12)26-19-10-15(29-30(18)19)21(32)28-27-20(31)13-6-7-16-17(8-13)34-11-33-16/h1-10H,11H2,(H,27,31)(H,28,32). The largest absolute Gasteiger partial charge is 0.454 e. The fraction of sp³-hybridized carbons (Fsp3) is 0.0909. The second kappa shape index (κ2) is 8.06. The van der Waals surface area contributed by atoms with Gasteiger partial charge < -0.3 is 9.47 Å². The predicted octanol–water partition coefficient (Wildman–Crippen LogP) is 3.22. The Balaban J connectivity index is 1.40. The van der Waals surface area contributed by atoms with E-state index in [1.165, 1.54) is 18.2 Å². The lowest BCUT2D eigenvalue weighted by Gasteiger charge is -2.11. The third kappa shape index (κ3) is 3.96. The highest BCUT2D eigenvalue weighted by atomic mass is 19.4. The Morgan fingerprint density at radius 1 is 0.912 bits per heavy atom. The fourth-order valence-corrected chi connectivity index (χ4v) is 3.33. The molecule has 2 N–H and O–H groups in total. The van der Waals surface area contributed by atoms with Crippen molar-refractivity contribution in [1.82, 2.24) is 25.4 Å². The van der Waals surface area contributed by atoms with E-state index < -0.39 is 23.7 Å². The minimum Gasteiger partial charge on any atom is -0.454 e. The lowest BCUT2D eigenvalue weighted by molar-refractivity contribution is -0.142. The van der Waals surface area contributed by atoms with Gasteiger partial charge >= 0.3 is 6.18 Å². The Bertz CT molecular complexity index is 1420. The molecule has 3 heterocycles. The first-order valence-electron chi connectivity index (χ1n) is 9.83. The van der Waals surface area contributed by atoms with E-state index in [1.807, 2.05) is 0 Å². The van der Waals surface area contributed by atoms with Gasteiger partial charge in [0.1, 0.15) is 0 Å². The molecule has 0 fully saturated rings. The number of halogens is 3. The average Bonchev–Trinajstić information content (AvgIpc) is 3.48. The van der Waals surface area contributed by atoms with Crippen LogP contribution in [0.25, 0.3) is 16.9 Å². The SMILES string of the molecule is O=C(NNC(=O)c1cc2nc(-c3ccccc3)cc(C(F)(F)F)n2n1)c1ccc2c(c1)OCO2. The lowest BCUT2D eigenvalue weighted by atomic mass is 10.1. The summed E-state index contributed by atoms with van der Waals surface area (Å²) >= 11 is 0. The molecule has 0 atom stereocenters. The molecule has 9 nitrogen and oxygen atoms in total. The summed E-state index contributed by atoms with van der Waals surface area (Å²) in [6.45, 7) is 0.0327. The molecule has 0 bridgehead atoms. The number of fused-ring (bicyclic) bond motifs is 2. The normalized spacial score (nSPS) is 12.6. The highest BCUT2D eigenvalue weighted by Crippen LogP contribution is 2.33. The number of ether oxygens (including phenoxy) is 2. The van der Waals surface area contributed by atoms with Gasteiger partial charge in [0, 0.05) is 17.2 Å². The number of benzene rings is 2. The third-order valence-electron chi connectivity index (χ3n) is 4.94. The Hall–Kier alpha value is -4.61. The van der Waals surface area contributed by atoms with E-state index in [-0.39, 0.29) is 29.4 Å². The first-order chi connectivity index (χ1) is 16.3. The molecule has 2 aromatic heterocycles. The molecule has 34 heavy (non-hydrogen) atoms. The zero-order valence-corrected chi connectivity index (χ0v) is 17.1. The van der Waals surface area contributed by atoms with Crippen LogP contribution in [0.4, 0.5) is 13.2 Å². The van der Waals surface area contributed by atoms with Crippen molar-refractivity contribution in [2.24, 2.45) is 0 Å². The van der Waals surface area contributed by atoms with Gasteiger partial charge in [0.25, 0.3) is 11.8 Å². The maximum atomic E-state index is 13.7. The number of aromatic nitrogens is 3. The van der Waals surface area contributed by atoms with Gasteiger partial charge in [0.05, 0.1) is 5.69 Å². The number of rotatable bonds is 3. The van der Waals surface area contributed by atoms with Gasteiger partial charge in [-0.2, -0.15) is 18.3 Å². The number of hydrogen-bond acceptors (Lipinski definition) is 6. The van der Waals surface area contributed by atoms with Crippen LogP contribution in [-0.4, -0.2) is 33.2 Å². The minimum absolute atomic E-state index is 0.0327. The van der Waals surface area contributed by atoms with Crippen molar-refractivity contribution in [1.29, 1.82) is 0 Å². The number of hydrazine groups is 1. The second-order valence-electron chi connectivity index (χ2n) is 7.17. The summed E-state index contributed by atoms with van der Waals surface area (Å²) in [5, 5.41) is 3.75. The van der Waals surface area contributed by atoms with Crippen LogP contribution in [0.3, 0.4) is 0 Å². The van der Waals surface area contributed by atoms with E-state index >= 15 is 0 Å². The summed E-state index contributed by atoms with van der Waals surface area (Å²) < 4.78 is 52.0. The summed E-state index contributed by atoms with van der Waals surface area (Å²) in [6, 6.07) is 14.7. The van der Waals surface area contributed by atoms with E-state index in [4.69, 9.17) is 9.47 Å². The minimum atomic E-state index is -4.75. The number of carbonyl (C=O) groups excluding carboxylic acids is 2. The summed E-state index contributed by atoms with van der Waals surface area (Å²) in [6.07, 6.45) is -4.75. The second-order valence-corrected chi connectivity index (χ2v) is 7.17. The monoisotopic (exact) mass is 469 g/mol. The van der Waals surface area contributed by atoms with Gasteiger partial charge in [0.15, 0.2) is 28.5 Å². The molecule has 5 rings (SSSR count). The molecule has 0 spiro atoms. The Morgan fingerprint density at radius 3 is 2.41 bits per heavy atom. The Labute approximate surface area is 189 Å². The number of amides is 2. The molecule has 2 aromatic carbocycles. The van der Waals surface area contributed by atoms with Crippen molar-refractivity contribution in [2.75, 3.05) is 6.79 Å². The zero-order chi connectivity index (χ0) is 23.9. The summed E-state index contributed by atoms with van der Waals surface area (Å²) in [5.74, 6) is -0.739. The van der Waals surface area contributed by atoms with E-state index in [0.717, 1.165) is 12.1 Å². The third-order valence-corrected chi connectivity index (χ3v) is 4.94. The van der Waals surface area contributed by atoms with Crippen LogP contribution in [0.15, 0.2) is 60.7 Å². The van der Waals surface area contributed by atoms with Gasteiger partial charge in [-0.15, -0.1) is 0 Å². The summed E-state index contributed by atoms with van der Waals surface area (Å²) in [5.41, 5.74) is 3.40.